The number of carbonyl (C=O) groups excluding carboxylic acids is 2. The summed E-state index contributed by atoms with van der Waals surface area (Å²) in [5.74, 6) is 0.489. The molecule has 0 aliphatic carbocycles. The van der Waals surface area contributed by atoms with Crippen molar-refractivity contribution < 1.29 is 14.1 Å². The highest BCUT2D eigenvalue weighted by atomic mass is 32.2. The van der Waals surface area contributed by atoms with Gasteiger partial charge in [0.2, 0.25) is 11.8 Å². The lowest BCUT2D eigenvalue weighted by Crippen LogP contribution is -2.24. The molecule has 0 saturated carbocycles. The van der Waals surface area contributed by atoms with Gasteiger partial charge in [0, 0.05) is 31.2 Å². The number of aromatic nitrogens is 1. The van der Waals surface area contributed by atoms with Gasteiger partial charge in [-0.05, 0) is 6.42 Å². The zero-order chi connectivity index (χ0) is 13.1. The number of thioether (sulfide) groups is 1. The standard InChI is InChI=1S/C12H16N2O3S/c1-3-4-9-5-12(17-13-9)14-7-10(6-11(14)16)18-8(2)15/h5,10H,3-4,6-7H2,1-2H3. The van der Waals surface area contributed by atoms with E-state index in [-0.39, 0.29) is 16.3 Å². The second kappa shape index (κ2) is 5.56. The van der Waals surface area contributed by atoms with Gasteiger partial charge in [-0.1, -0.05) is 30.3 Å². The molecule has 1 amide bonds. The Hall–Kier alpha value is -1.30. The highest BCUT2D eigenvalue weighted by molar-refractivity contribution is 8.14. The molecule has 2 heterocycles. The molecular weight excluding hydrogens is 252 g/mol. The van der Waals surface area contributed by atoms with Gasteiger partial charge in [-0.25, -0.2) is 0 Å². The number of hydrogen-bond acceptors (Lipinski definition) is 5. The van der Waals surface area contributed by atoms with Crippen LogP contribution in [-0.4, -0.2) is 28.0 Å². The van der Waals surface area contributed by atoms with Crippen LogP contribution in [0.1, 0.15) is 32.4 Å². The Labute approximate surface area is 110 Å². The Morgan fingerprint density at radius 3 is 3.11 bits per heavy atom. The minimum absolute atomic E-state index is 0.00653. The predicted molar refractivity (Wildman–Crippen MR) is 69.5 cm³/mol. The summed E-state index contributed by atoms with van der Waals surface area (Å²) in [7, 11) is 0. The quantitative estimate of drug-likeness (QED) is 0.836. The van der Waals surface area contributed by atoms with E-state index in [4.69, 9.17) is 4.52 Å². The van der Waals surface area contributed by atoms with Gasteiger partial charge in [-0.3, -0.25) is 14.5 Å². The molecule has 0 N–H and O–H groups in total. The number of nitrogens with zero attached hydrogens (tertiary/aromatic N) is 2. The van der Waals surface area contributed by atoms with Crippen molar-refractivity contribution in [2.24, 2.45) is 0 Å². The lowest BCUT2D eigenvalue weighted by molar-refractivity contribution is -0.117. The van der Waals surface area contributed by atoms with Crippen molar-refractivity contribution in [1.29, 1.82) is 0 Å². The van der Waals surface area contributed by atoms with Crippen LogP contribution in [0.2, 0.25) is 0 Å². The number of rotatable bonds is 4. The molecule has 98 valence electrons. The number of aryl methyl sites for hydroxylation is 1. The van der Waals surface area contributed by atoms with E-state index < -0.39 is 0 Å². The fourth-order valence-electron chi connectivity index (χ4n) is 2.00. The van der Waals surface area contributed by atoms with E-state index in [1.807, 2.05) is 6.07 Å². The summed E-state index contributed by atoms with van der Waals surface area (Å²) < 4.78 is 5.19. The molecular formula is C12H16N2O3S. The summed E-state index contributed by atoms with van der Waals surface area (Å²) in [6, 6.07) is 1.81. The molecule has 0 aromatic carbocycles. The highest BCUT2D eigenvalue weighted by Crippen LogP contribution is 2.29. The lowest BCUT2D eigenvalue weighted by Gasteiger charge is -2.10. The maximum Gasteiger partial charge on any atom is 0.234 e. The SMILES string of the molecule is CCCc1cc(N2CC(SC(C)=O)CC2=O)on1. The summed E-state index contributed by atoms with van der Waals surface area (Å²) in [6.45, 7) is 4.10. The van der Waals surface area contributed by atoms with Gasteiger partial charge in [0.25, 0.3) is 0 Å². The molecule has 0 bridgehead atoms. The van der Waals surface area contributed by atoms with E-state index in [1.165, 1.54) is 18.7 Å². The first-order valence-corrected chi connectivity index (χ1v) is 6.91. The molecule has 0 radical (unpaired) electrons. The molecule has 5 nitrogen and oxygen atoms in total. The van der Waals surface area contributed by atoms with Gasteiger partial charge in [-0.15, -0.1) is 0 Å². The normalized spacial score (nSPS) is 19.6. The zero-order valence-electron chi connectivity index (χ0n) is 10.5. The zero-order valence-corrected chi connectivity index (χ0v) is 11.3. The maximum absolute atomic E-state index is 11.8. The molecule has 6 heteroatoms. The van der Waals surface area contributed by atoms with E-state index in [0.717, 1.165) is 18.5 Å². The number of anilines is 1. The predicted octanol–water partition coefficient (Wildman–Crippen LogP) is 2.01. The van der Waals surface area contributed by atoms with Crippen LogP contribution >= 0.6 is 11.8 Å². The van der Waals surface area contributed by atoms with Crippen molar-refractivity contribution in [2.75, 3.05) is 11.4 Å². The van der Waals surface area contributed by atoms with Gasteiger partial charge >= 0.3 is 0 Å². The van der Waals surface area contributed by atoms with Crippen molar-refractivity contribution in [3.8, 4) is 0 Å². The van der Waals surface area contributed by atoms with Gasteiger partial charge < -0.3 is 4.52 Å². The molecule has 1 unspecified atom stereocenters. The maximum atomic E-state index is 11.8. The molecule has 1 aliphatic heterocycles. The molecule has 2 rings (SSSR count). The topological polar surface area (TPSA) is 63.4 Å². The minimum atomic E-state index is -0.00653. The van der Waals surface area contributed by atoms with Crippen LogP contribution in [0.25, 0.3) is 0 Å². The van der Waals surface area contributed by atoms with Gasteiger partial charge in [0.1, 0.15) is 0 Å². The van der Waals surface area contributed by atoms with Gasteiger partial charge in [0.15, 0.2) is 5.12 Å². The molecule has 1 atom stereocenters. The Bertz CT molecular complexity index is 458. The Kier molecular flexibility index (Phi) is 4.06. The highest BCUT2D eigenvalue weighted by Gasteiger charge is 2.33. The summed E-state index contributed by atoms with van der Waals surface area (Å²) in [6.07, 6.45) is 2.22. The number of amides is 1. The molecule has 0 spiro atoms. The van der Waals surface area contributed by atoms with Crippen molar-refractivity contribution in [3.05, 3.63) is 11.8 Å². The van der Waals surface area contributed by atoms with Crippen LogP contribution in [0.15, 0.2) is 10.6 Å². The molecule has 1 fully saturated rings. The fourth-order valence-corrected chi connectivity index (χ4v) is 2.92. The fraction of sp³-hybridized carbons (Fsp3) is 0.583. The van der Waals surface area contributed by atoms with E-state index in [9.17, 15) is 9.59 Å². The average molecular weight is 268 g/mol. The van der Waals surface area contributed by atoms with Crippen LogP contribution < -0.4 is 4.90 Å². The van der Waals surface area contributed by atoms with E-state index >= 15 is 0 Å². The third-order valence-electron chi connectivity index (χ3n) is 2.74. The first-order valence-electron chi connectivity index (χ1n) is 6.03. The van der Waals surface area contributed by atoms with Crippen molar-refractivity contribution >= 4 is 28.7 Å². The third-order valence-corrected chi connectivity index (χ3v) is 3.72. The summed E-state index contributed by atoms with van der Waals surface area (Å²) >= 11 is 1.22. The Morgan fingerprint density at radius 1 is 1.67 bits per heavy atom. The largest absolute Gasteiger partial charge is 0.338 e. The molecule has 1 aromatic rings. The van der Waals surface area contributed by atoms with Gasteiger partial charge in [-0.2, -0.15) is 0 Å². The van der Waals surface area contributed by atoms with E-state index in [2.05, 4.69) is 12.1 Å². The van der Waals surface area contributed by atoms with Crippen LogP contribution in [0.5, 0.6) is 0 Å². The first-order chi connectivity index (χ1) is 8.60. The number of hydrogen-bond donors (Lipinski definition) is 0. The second-order valence-corrected chi connectivity index (χ2v) is 5.82. The van der Waals surface area contributed by atoms with Crippen LogP contribution in [0, 0.1) is 0 Å². The average Bonchev–Trinajstić information content (AvgIpc) is 2.85. The molecule has 1 aromatic heterocycles. The van der Waals surface area contributed by atoms with Crippen molar-refractivity contribution in [3.63, 3.8) is 0 Å². The summed E-state index contributed by atoms with van der Waals surface area (Å²) in [5.41, 5.74) is 0.864. The molecule has 1 aliphatic rings. The Balaban J connectivity index is 2.04. The van der Waals surface area contributed by atoms with Crippen molar-refractivity contribution in [1.82, 2.24) is 5.16 Å². The van der Waals surface area contributed by atoms with Crippen LogP contribution in [-0.2, 0) is 16.0 Å². The first kappa shape index (κ1) is 13.1. The summed E-state index contributed by atoms with van der Waals surface area (Å²) in [5, 5.41) is 3.99. The smallest absolute Gasteiger partial charge is 0.234 e. The molecule has 1 saturated heterocycles. The van der Waals surface area contributed by atoms with Crippen LogP contribution in [0.3, 0.4) is 0 Å². The minimum Gasteiger partial charge on any atom is -0.338 e. The Morgan fingerprint density at radius 2 is 2.44 bits per heavy atom. The summed E-state index contributed by atoms with van der Waals surface area (Å²) in [4.78, 5) is 24.5. The third kappa shape index (κ3) is 2.93. The molecule has 18 heavy (non-hydrogen) atoms. The number of carbonyl (C=O) groups is 2. The van der Waals surface area contributed by atoms with Gasteiger partial charge in [0.05, 0.1) is 5.69 Å². The van der Waals surface area contributed by atoms with Crippen molar-refractivity contribution in [2.45, 2.75) is 38.4 Å². The lowest BCUT2D eigenvalue weighted by atomic mass is 10.2. The monoisotopic (exact) mass is 268 g/mol. The van der Waals surface area contributed by atoms with Crippen LogP contribution in [0.4, 0.5) is 5.88 Å². The second-order valence-electron chi connectivity index (χ2n) is 4.35. The van der Waals surface area contributed by atoms with E-state index in [0.29, 0.717) is 18.8 Å². The van der Waals surface area contributed by atoms with E-state index in [1.54, 1.807) is 4.90 Å².